The third-order valence-corrected chi connectivity index (χ3v) is 2.60. The van der Waals surface area contributed by atoms with Gasteiger partial charge in [0.05, 0.1) is 7.11 Å². The number of halogens is 4. The van der Waals surface area contributed by atoms with Gasteiger partial charge in [0.15, 0.2) is 0 Å². The first-order valence-corrected chi connectivity index (χ1v) is 5.86. The molecule has 0 aromatic carbocycles. The molecule has 0 atom stereocenters. The predicted octanol–water partition coefficient (Wildman–Crippen LogP) is 3.14. The highest BCUT2D eigenvalue weighted by Crippen LogP contribution is 2.28. The molecule has 4 nitrogen and oxygen atoms in total. The summed E-state index contributed by atoms with van der Waals surface area (Å²) in [5, 5.41) is 0.164. The molecule has 0 fully saturated rings. The first-order valence-electron chi connectivity index (χ1n) is 5.48. The zero-order chi connectivity index (χ0) is 14.8. The number of pyridine rings is 1. The molecule has 0 spiro atoms. The second kappa shape index (κ2) is 5.62. The van der Waals surface area contributed by atoms with Gasteiger partial charge >= 0.3 is 6.18 Å². The van der Waals surface area contributed by atoms with Gasteiger partial charge in [0, 0.05) is 18.7 Å². The largest absolute Gasteiger partial charge is 0.481 e. The van der Waals surface area contributed by atoms with E-state index in [4.69, 9.17) is 16.3 Å². The molecule has 2 aromatic rings. The zero-order valence-electron chi connectivity index (χ0n) is 10.3. The van der Waals surface area contributed by atoms with Crippen molar-refractivity contribution in [1.82, 2.24) is 15.0 Å². The van der Waals surface area contributed by atoms with E-state index in [1.54, 1.807) is 0 Å². The maximum Gasteiger partial charge on any atom is 0.433 e. The highest BCUT2D eigenvalue weighted by Gasteiger charge is 2.32. The number of alkyl halides is 3. The number of aromatic nitrogens is 3. The lowest BCUT2D eigenvalue weighted by Gasteiger charge is -2.08. The summed E-state index contributed by atoms with van der Waals surface area (Å²) >= 11 is 5.78. The normalized spacial score (nSPS) is 11.4. The molecule has 0 N–H and O–H groups in total. The van der Waals surface area contributed by atoms with Crippen molar-refractivity contribution in [2.75, 3.05) is 7.11 Å². The van der Waals surface area contributed by atoms with E-state index in [-0.39, 0.29) is 23.3 Å². The fourth-order valence-corrected chi connectivity index (χ4v) is 1.74. The lowest BCUT2D eigenvalue weighted by molar-refractivity contribution is -0.141. The van der Waals surface area contributed by atoms with E-state index in [1.165, 1.54) is 19.2 Å². The molecule has 2 heterocycles. The Morgan fingerprint density at radius 2 is 2.00 bits per heavy atom. The van der Waals surface area contributed by atoms with Crippen molar-refractivity contribution in [3.05, 3.63) is 46.6 Å². The molecule has 2 aromatic heterocycles. The van der Waals surface area contributed by atoms with Crippen molar-refractivity contribution in [3.8, 4) is 5.88 Å². The van der Waals surface area contributed by atoms with Crippen LogP contribution in [0.4, 0.5) is 13.2 Å². The van der Waals surface area contributed by atoms with Gasteiger partial charge in [0.25, 0.3) is 0 Å². The molecule has 0 bridgehead atoms. The van der Waals surface area contributed by atoms with E-state index >= 15 is 0 Å². The Balaban J connectivity index is 2.28. The summed E-state index contributed by atoms with van der Waals surface area (Å²) in [4.78, 5) is 11.2. The highest BCUT2D eigenvalue weighted by atomic mass is 35.5. The minimum Gasteiger partial charge on any atom is -0.481 e. The monoisotopic (exact) mass is 303 g/mol. The Morgan fingerprint density at radius 3 is 2.65 bits per heavy atom. The molecule has 2 rings (SSSR count). The molecule has 106 valence electrons. The number of nitrogens with zero attached hydrogens (tertiary/aromatic N) is 3. The molecule has 0 saturated carbocycles. The summed E-state index contributed by atoms with van der Waals surface area (Å²) < 4.78 is 42.6. The Kier molecular flexibility index (Phi) is 4.08. The Morgan fingerprint density at radius 1 is 1.25 bits per heavy atom. The molecule has 8 heteroatoms. The summed E-state index contributed by atoms with van der Waals surface area (Å²) in [6.45, 7) is 0. The molecule has 0 radical (unpaired) electrons. The lowest BCUT2D eigenvalue weighted by Crippen LogP contribution is -2.08. The molecule has 0 unspecified atom stereocenters. The van der Waals surface area contributed by atoms with E-state index in [0.717, 1.165) is 12.3 Å². The molecule has 0 aliphatic rings. The summed E-state index contributed by atoms with van der Waals surface area (Å²) in [6, 6.07) is 3.83. The molecular formula is C12H9ClF3N3O. The second-order valence-electron chi connectivity index (χ2n) is 3.87. The van der Waals surface area contributed by atoms with Crippen molar-refractivity contribution in [2.45, 2.75) is 12.6 Å². The Labute approximate surface area is 117 Å². The molecule has 0 amide bonds. The maximum atomic E-state index is 12.6. The van der Waals surface area contributed by atoms with Gasteiger partial charge in [0.2, 0.25) is 5.88 Å². The smallest absolute Gasteiger partial charge is 0.433 e. The van der Waals surface area contributed by atoms with Gasteiger partial charge in [-0.2, -0.15) is 18.2 Å². The fourth-order valence-electron chi connectivity index (χ4n) is 1.55. The standard InChI is InChI=1S/C12H9ClF3N3O/c1-20-11-6-9(13)18-10(19-11)5-7-2-3-17-8(4-7)12(14,15)16/h2-4,6H,5H2,1H3. The van der Waals surface area contributed by atoms with Crippen LogP contribution in [0.15, 0.2) is 24.4 Å². The molecule has 20 heavy (non-hydrogen) atoms. The van der Waals surface area contributed by atoms with Gasteiger partial charge in [-0.3, -0.25) is 4.98 Å². The summed E-state index contributed by atoms with van der Waals surface area (Å²) in [7, 11) is 1.41. The van der Waals surface area contributed by atoms with Gasteiger partial charge < -0.3 is 4.74 Å². The van der Waals surface area contributed by atoms with Crippen LogP contribution in [0.3, 0.4) is 0 Å². The third kappa shape index (κ3) is 3.57. The van der Waals surface area contributed by atoms with Crippen molar-refractivity contribution >= 4 is 11.6 Å². The number of ether oxygens (including phenoxy) is 1. The van der Waals surface area contributed by atoms with Gasteiger partial charge in [-0.25, -0.2) is 4.98 Å². The molecule has 0 saturated heterocycles. The zero-order valence-corrected chi connectivity index (χ0v) is 11.0. The summed E-state index contributed by atoms with van der Waals surface area (Å²) in [5.41, 5.74) is -0.569. The van der Waals surface area contributed by atoms with Gasteiger partial charge in [-0.15, -0.1) is 0 Å². The van der Waals surface area contributed by atoms with E-state index < -0.39 is 11.9 Å². The second-order valence-corrected chi connectivity index (χ2v) is 4.26. The van der Waals surface area contributed by atoms with Crippen LogP contribution in [0, 0.1) is 0 Å². The summed E-state index contributed by atoms with van der Waals surface area (Å²) in [6.07, 6.45) is -3.29. The van der Waals surface area contributed by atoms with E-state index in [2.05, 4.69) is 15.0 Å². The quantitative estimate of drug-likeness (QED) is 0.817. The number of methoxy groups -OCH3 is 1. The van der Waals surface area contributed by atoms with Gasteiger partial charge in [-0.1, -0.05) is 11.6 Å². The average Bonchev–Trinajstić information content (AvgIpc) is 2.37. The van der Waals surface area contributed by atoms with E-state index in [0.29, 0.717) is 5.56 Å². The van der Waals surface area contributed by atoms with Crippen LogP contribution in [0.1, 0.15) is 17.1 Å². The minimum absolute atomic E-state index is 0.0997. The highest BCUT2D eigenvalue weighted by molar-refractivity contribution is 6.29. The topological polar surface area (TPSA) is 47.9 Å². The first kappa shape index (κ1) is 14.5. The van der Waals surface area contributed by atoms with Crippen LogP contribution in [0.2, 0.25) is 5.15 Å². The van der Waals surface area contributed by atoms with Crippen LogP contribution < -0.4 is 4.74 Å². The lowest BCUT2D eigenvalue weighted by atomic mass is 10.1. The summed E-state index contributed by atoms with van der Waals surface area (Å²) in [5.74, 6) is 0.527. The van der Waals surface area contributed by atoms with Crippen molar-refractivity contribution in [3.63, 3.8) is 0 Å². The number of hydrogen-bond acceptors (Lipinski definition) is 4. The molecule has 0 aliphatic carbocycles. The van der Waals surface area contributed by atoms with Gasteiger partial charge in [0.1, 0.15) is 16.7 Å². The van der Waals surface area contributed by atoms with Gasteiger partial charge in [-0.05, 0) is 17.7 Å². The van der Waals surface area contributed by atoms with E-state index in [1.807, 2.05) is 0 Å². The van der Waals surface area contributed by atoms with Crippen LogP contribution in [0.5, 0.6) is 5.88 Å². The average molecular weight is 304 g/mol. The SMILES string of the molecule is COc1cc(Cl)nc(Cc2ccnc(C(F)(F)F)c2)n1. The van der Waals surface area contributed by atoms with Crippen molar-refractivity contribution < 1.29 is 17.9 Å². The first-order chi connectivity index (χ1) is 9.38. The molecular weight excluding hydrogens is 295 g/mol. The molecule has 0 aliphatic heterocycles. The Bertz CT molecular complexity index is 619. The van der Waals surface area contributed by atoms with Crippen molar-refractivity contribution in [2.24, 2.45) is 0 Å². The van der Waals surface area contributed by atoms with Crippen LogP contribution in [0.25, 0.3) is 0 Å². The number of hydrogen-bond donors (Lipinski definition) is 0. The van der Waals surface area contributed by atoms with E-state index in [9.17, 15) is 13.2 Å². The minimum atomic E-state index is -4.48. The van der Waals surface area contributed by atoms with Crippen molar-refractivity contribution in [1.29, 1.82) is 0 Å². The number of rotatable bonds is 3. The van der Waals surface area contributed by atoms with Crippen LogP contribution >= 0.6 is 11.6 Å². The predicted molar refractivity (Wildman–Crippen MR) is 65.6 cm³/mol. The fraction of sp³-hybridized carbons (Fsp3) is 0.250. The Hall–Kier alpha value is -1.89. The third-order valence-electron chi connectivity index (χ3n) is 2.40. The maximum absolute atomic E-state index is 12.6. The van der Waals surface area contributed by atoms with Crippen LogP contribution in [-0.2, 0) is 12.6 Å². The van der Waals surface area contributed by atoms with Crippen LogP contribution in [-0.4, -0.2) is 22.1 Å².